The van der Waals surface area contributed by atoms with Crippen molar-refractivity contribution in [2.24, 2.45) is 0 Å². The summed E-state index contributed by atoms with van der Waals surface area (Å²) in [6, 6.07) is 11.7. The second kappa shape index (κ2) is 8.81. The number of nitrogens with zero attached hydrogens (tertiary/aromatic N) is 4. The third-order valence-electron chi connectivity index (χ3n) is 4.99. The molecule has 1 atom stereocenters. The summed E-state index contributed by atoms with van der Waals surface area (Å²) in [5, 5.41) is 4.19. The van der Waals surface area contributed by atoms with Crippen LogP contribution in [-0.4, -0.2) is 60.5 Å². The van der Waals surface area contributed by atoms with Gasteiger partial charge in [-0.15, -0.1) is 0 Å². The van der Waals surface area contributed by atoms with Crippen molar-refractivity contribution < 1.29 is 9.53 Å². The Balaban J connectivity index is 1.58. The van der Waals surface area contributed by atoms with Crippen LogP contribution in [0.5, 0.6) is 0 Å². The number of methoxy groups -OCH3 is 1. The highest BCUT2D eigenvalue weighted by Crippen LogP contribution is 2.13. The topological polar surface area (TPSA) is 67.7 Å². The summed E-state index contributed by atoms with van der Waals surface area (Å²) in [6.07, 6.45) is 3.44. The normalized spacial score (nSPS) is 16.5. The summed E-state index contributed by atoms with van der Waals surface area (Å²) >= 11 is 0. The molecule has 0 radical (unpaired) electrons. The van der Waals surface area contributed by atoms with Crippen molar-refractivity contribution in [2.75, 3.05) is 38.7 Å². The minimum atomic E-state index is -0.269. The van der Waals surface area contributed by atoms with Gasteiger partial charge in [0.15, 0.2) is 0 Å². The first-order valence-electron chi connectivity index (χ1n) is 9.19. The van der Waals surface area contributed by atoms with Gasteiger partial charge in [-0.1, -0.05) is 30.3 Å². The Bertz CT molecular complexity index is 821. The smallest absolute Gasteiger partial charge is 0.269 e. The molecule has 1 aliphatic rings. The van der Waals surface area contributed by atoms with E-state index in [0.29, 0.717) is 13.1 Å². The van der Waals surface area contributed by atoms with Crippen molar-refractivity contribution in [3.63, 3.8) is 0 Å². The fourth-order valence-electron chi connectivity index (χ4n) is 3.20. The van der Waals surface area contributed by atoms with Gasteiger partial charge in [0.05, 0.1) is 18.0 Å². The van der Waals surface area contributed by atoms with Gasteiger partial charge in [0, 0.05) is 39.9 Å². The SMILES string of the molecule is CO[C@@H]1CCN(C(=O)Cn2ncc(N(C)CCc3ccccc3)cc2=O)C1. The van der Waals surface area contributed by atoms with Gasteiger partial charge < -0.3 is 14.5 Å². The first kappa shape index (κ1) is 19.1. The summed E-state index contributed by atoms with van der Waals surface area (Å²) in [7, 11) is 3.59. The van der Waals surface area contributed by atoms with Crippen LogP contribution in [0.1, 0.15) is 12.0 Å². The molecule has 7 nitrogen and oxygen atoms in total. The highest BCUT2D eigenvalue weighted by atomic mass is 16.5. The number of carbonyl (C=O) groups excluding carboxylic acids is 1. The summed E-state index contributed by atoms with van der Waals surface area (Å²) in [5.41, 5.74) is 1.73. The third kappa shape index (κ3) is 4.95. The van der Waals surface area contributed by atoms with Crippen molar-refractivity contribution in [3.05, 3.63) is 58.5 Å². The maximum Gasteiger partial charge on any atom is 0.269 e. The zero-order valence-electron chi connectivity index (χ0n) is 15.9. The Hall–Kier alpha value is -2.67. The Labute approximate surface area is 159 Å². The molecular formula is C20H26N4O3. The number of rotatable bonds is 7. The molecule has 27 heavy (non-hydrogen) atoms. The molecule has 0 saturated carbocycles. The van der Waals surface area contributed by atoms with Gasteiger partial charge in [0.25, 0.3) is 5.56 Å². The van der Waals surface area contributed by atoms with Crippen molar-refractivity contribution in [1.82, 2.24) is 14.7 Å². The summed E-state index contributed by atoms with van der Waals surface area (Å²) in [5.74, 6) is -0.102. The van der Waals surface area contributed by atoms with Crippen molar-refractivity contribution in [1.29, 1.82) is 0 Å². The lowest BCUT2D eigenvalue weighted by Gasteiger charge is -2.20. The van der Waals surface area contributed by atoms with E-state index < -0.39 is 0 Å². The lowest BCUT2D eigenvalue weighted by molar-refractivity contribution is -0.131. The number of hydrogen-bond acceptors (Lipinski definition) is 5. The lowest BCUT2D eigenvalue weighted by Crippen LogP contribution is -2.36. The number of benzene rings is 1. The quantitative estimate of drug-likeness (QED) is 0.732. The standard InChI is InChI=1S/C20H26N4O3/c1-22(10-8-16-6-4-3-5-7-16)17-12-19(25)24(21-13-17)15-20(26)23-11-9-18(14-23)27-2/h3-7,12-13,18H,8-11,14-15H2,1-2H3/t18-/m1/s1. The minimum absolute atomic E-state index is 0.0384. The van der Waals surface area contributed by atoms with E-state index in [1.54, 1.807) is 18.2 Å². The van der Waals surface area contributed by atoms with Crippen LogP contribution in [0.15, 0.2) is 47.4 Å². The number of ether oxygens (including phenoxy) is 1. The average Bonchev–Trinajstić information content (AvgIpc) is 3.18. The van der Waals surface area contributed by atoms with Crippen molar-refractivity contribution in [2.45, 2.75) is 25.5 Å². The van der Waals surface area contributed by atoms with E-state index >= 15 is 0 Å². The second-order valence-electron chi connectivity index (χ2n) is 6.85. The van der Waals surface area contributed by atoms with Crippen LogP contribution in [0.3, 0.4) is 0 Å². The Morgan fingerprint density at radius 2 is 2.11 bits per heavy atom. The Morgan fingerprint density at radius 3 is 2.78 bits per heavy atom. The molecule has 0 spiro atoms. The molecule has 2 aromatic rings. The minimum Gasteiger partial charge on any atom is -0.380 e. The van der Waals surface area contributed by atoms with Gasteiger partial charge in [0.2, 0.25) is 5.91 Å². The molecule has 1 amide bonds. The molecule has 0 N–H and O–H groups in total. The first-order valence-corrected chi connectivity index (χ1v) is 9.19. The predicted molar refractivity (Wildman–Crippen MR) is 104 cm³/mol. The van der Waals surface area contributed by atoms with Crippen LogP contribution in [0.25, 0.3) is 0 Å². The van der Waals surface area contributed by atoms with Gasteiger partial charge in [0.1, 0.15) is 6.54 Å². The Kier molecular flexibility index (Phi) is 6.24. The number of amides is 1. The van der Waals surface area contributed by atoms with Crippen LogP contribution in [-0.2, 0) is 22.5 Å². The maximum absolute atomic E-state index is 12.4. The van der Waals surface area contributed by atoms with E-state index in [1.807, 2.05) is 30.1 Å². The van der Waals surface area contributed by atoms with Gasteiger partial charge in [-0.05, 0) is 18.4 Å². The number of carbonyl (C=O) groups is 1. The highest BCUT2D eigenvalue weighted by molar-refractivity contribution is 5.76. The van der Waals surface area contributed by atoms with E-state index in [2.05, 4.69) is 17.2 Å². The molecule has 1 fully saturated rings. The van der Waals surface area contributed by atoms with Gasteiger partial charge in [-0.3, -0.25) is 9.59 Å². The van der Waals surface area contributed by atoms with Crippen molar-refractivity contribution >= 4 is 11.6 Å². The Morgan fingerprint density at radius 1 is 1.33 bits per heavy atom. The molecule has 0 aliphatic carbocycles. The zero-order chi connectivity index (χ0) is 19.2. The largest absolute Gasteiger partial charge is 0.380 e. The van der Waals surface area contributed by atoms with Crippen molar-refractivity contribution in [3.8, 4) is 0 Å². The van der Waals surface area contributed by atoms with Crippen LogP contribution in [0.4, 0.5) is 5.69 Å². The van der Waals surface area contributed by atoms with Gasteiger partial charge in [-0.25, -0.2) is 4.68 Å². The van der Waals surface area contributed by atoms with Gasteiger partial charge >= 0.3 is 0 Å². The van der Waals surface area contributed by atoms with E-state index in [9.17, 15) is 9.59 Å². The van der Waals surface area contributed by atoms with E-state index in [0.717, 1.165) is 25.1 Å². The number of hydrogen-bond donors (Lipinski definition) is 0. The molecule has 2 heterocycles. The molecular weight excluding hydrogens is 344 g/mol. The van der Waals surface area contributed by atoms with Crippen LogP contribution < -0.4 is 10.5 Å². The zero-order valence-corrected chi connectivity index (χ0v) is 15.9. The molecule has 1 saturated heterocycles. The maximum atomic E-state index is 12.4. The average molecular weight is 370 g/mol. The number of likely N-dealkylation sites (tertiary alicyclic amines) is 1. The molecule has 7 heteroatoms. The molecule has 1 aromatic heterocycles. The van der Waals surface area contributed by atoms with E-state index in [1.165, 1.54) is 16.3 Å². The monoisotopic (exact) mass is 370 g/mol. The van der Waals surface area contributed by atoms with E-state index in [-0.39, 0.29) is 24.1 Å². The molecule has 1 aromatic carbocycles. The highest BCUT2D eigenvalue weighted by Gasteiger charge is 2.26. The predicted octanol–water partition coefficient (Wildman–Crippen LogP) is 1.17. The molecule has 3 rings (SSSR count). The fourth-order valence-corrected chi connectivity index (χ4v) is 3.20. The fraction of sp³-hybridized carbons (Fsp3) is 0.450. The molecule has 1 aliphatic heterocycles. The number of aromatic nitrogens is 2. The van der Waals surface area contributed by atoms with Gasteiger partial charge in [-0.2, -0.15) is 5.10 Å². The second-order valence-corrected chi connectivity index (χ2v) is 6.85. The number of anilines is 1. The van der Waals surface area contributed by atoms with Crippen LogP contribution in [0.2, 0.25) is 0 Å². The lowest BCUT2D eigenvalue weighted by atomic mass is 10.1. The summed E-state index contributed by atoms with van der Waals surface area (Å²) in [4.78, 5) is 28.5. The molecule has 144 valence electrons. The third-order valence-corrected chi connectivity index (χ3v) is 4.99. The molecule has 0 bridgehead atoms. The summed E-state index contributed by atoms with van der Waals surface area (Å²) < 4.78 is 6.50. The molecule has 0 unspecified atom stereocenters. The first-order chi connectivity index (χ1) is 13.1. The summed E-state index contributed by atoms with van der Waals surface area (Å²) in [6.45, 7) is 1.97. The van der Waals surface area contributed by atoms with Crippen LogP contribution >= 0.6 is 0 Å². The van der Waals surface area contributed by atoms with Crippen LogP contribution in [0, 0.1) is 0 Å². The van der Waals surface area contributed by atoms with E-state index in [4.69, 9.17) is 4.74 Å². The number of likely N-dealkylation sites (N-methyl/N-ethyl adjacent to an activating group) is 1.